The third-order valence-electron chi connectivity index (χ3n) is 4.34. The third kappa shape index (κ3) is 6.34. The van der Waals surface area contributed by atoms with E-state index in [1.165, 1.54) is 5.56 Å². The minimum Gasteiger partial charge on any atom is -0.352 e. The lowest BCUT2D eigenvalue weighted by atomic mass is 10.1. The molecule has 4 nitrogen and oxygen atoms in total. The quantitative estimate of drug-likeness (QED) is 0.712. The summed E-state index contributed by atoms with van der Waals surface area (Å²) >= 11 is 0. The lowest BCUT2D eigenvalue weighted by Crippen LogP contribution is -2.51. The summed E-state index contributed by atoms with van der Waals surface area (Å²) in [6.45, 7) is 8.58. The molecule has 0 radical (unpaired) electrons. The van der Waals surface area contributed by atoms with Gasteiger partial charge in [-0.15, -0.1) is 0 Å². The van der Waals surface area contributed by atoms with E-state index in [1.807, 2.05) is 45.9 Å². The number of rotatable bonds is 10. The topological polar surface area (TPSA) is 49.4 Å². The predicted octanol–water partition coefficient (Wildman–Crippen LogP) is 3.55. The van der Waals surface area contributed by atoms with E-state index in [2.05, 4.69) is 17.4 Å². The zero-order valence-electron chi connectivity index (χ0n) is 15.5. The lowest BCUT2D eigenvalue weighted by Gasteiger charge is -2.31. The minimum atomic E-state index is -0.387. The predicted molar refractivity (Wildman–Crippen MR) is 98.7 cm³/mol. The summed E-state index contributed by atoms with van der Waals surface area (Å²) in [5.41, 5.74) is 1.18. The summed E-state index contributed by atoms with van der Waals surface area (Å²) in [6.07, 6.45) is 3.57. The van der Waals surface area contributed by atoms with Gasteiger partial charge in [0.1, 0.15) is 6.04 Å². The molecule has 4 heteroatoms. The highest BCUT2D eigenvalue weighted by atomic mass is 16.2. The Morgan fingerprint density at radius 2 is 1.75 bits per heavy atom. The van der Waals surface area contributed by atoms with E-state index >= 15 is 0 Å². The molecule has 0 aliphatic rings. The number of carbonyl (C=O) groups is 2. The molecule has 2 amide bonds. The van der Waals surface area contributed by atoms with Gasteiger partial charge in [-0.1, -0.05) is 51.1 Å². The van der Waals surface area contributed by atoms with Gasteiger partial charge in [0.2, 0.25) is 11.8 Å². The zero-order chi connectivity index (χ0) is 17.9. The monoisotopic (exact) mass is 332 g/mol. The highest BCUT2D eigenvalue weighted by Gasteiger charge is 2.28. The van der Waals surface area contributed by atoms with Crippen LogP contribution in [0, 0.1) is 0 Å². The van der Waals surface area contributed by atoms with Crippen LogP contribution in [0.3, 0.4) is 0 Å². The van der Waals surface area contributed by atoms with Crippen molar-refractivity contribution in [2.45, 2.75) is 71.9 Å². The van der Waals surface area contributed by atoms with E-state index in [0.717, 1.165) is 19.3 Å². The van der Waals surface area contributed by atoms with Gasteiger partial charge < -0.3 is 10.2 Å². The molecular formula is C20H32N2O2. The van der Waals surface area contributed by atoms with Gasteiger partial charge in [-0.3, -0.25) is 9.59 Å². The zero-order valence-corrected chi connectivity index (χ0v) is 15.5. The molecule has 2 atom stereocenters. The summed E-state index contributed by atoms with van der Waals surface area (Å²) in [4.78, 5) is 26.9. The van der Waals surface area contributed by atoms with Crippen LogP contribution in [0.2, 0.25) is 0 Å². The molecule has 0 saturated heterocycles. The highest BCUT2D eigenvalue weighted by Crippen LogP contribution is 2.12. The van der Waals surface area contributed by atoms with Crippen molar-refractivity contribution in [3.63, 3.8) is 0 Å². The van der Waals surface area contributed by atoms with Crippen LogP contribution in [-0.2, 0) is 16.0 Å². The van der Waals surface area contributed by atoms with E-state index in [1.54, 1.807) is 4.90 Å². The Hall–Kier alpha value is -1.84. The molecular weight excluding hydrogens is 300 g/mol. The van der Waals surface area contributed by atoms with Gasteiger partial charge in [0.05, 0.1) is 0 Å². The van der Waals surface area contributed by atoms with Crippen LogP contribution in [0.25, 0.3) is 0 Å². The molecule has 1 rings (SSSR count). The first kappa shape index (κ1) is 20.2. The van der Waals surface area contributed by atoms with Gasteiger partial charge in [-0.25, -0.2) is 0 Å². The van der Waals surface area contributed by atoms with E-state index in [-0.39, 0.29) is 23.9 Å². The Balaban J connectivity index is 2.84. The maximum atomic E-state index is 12.6. The van der Waals surface area contributed by atoms with Crippen LogP contribution in [-0.4, -0.2) is 35.3 Å². The molecule has 0 spiro atoms. The Morgan fingerprint density at radius 1 is 1.08 bits per heavy atom. The van der Waals surface area contributed by atoms with Gasteiger partial charge in [0.15, 0.2) is 0 Å². The van der Waals surface area contributed by atoms with E-state index in [0.29, 0.717) is 19.4 Å². The first-order chi connectivity index (χ1) is 11.5. The Morgan fingerprint density at radius 3 is 2.29 bits per heavy atom. The van der Waals surface area contributed by atoms with Crippen molar-refractivity contribution in [1.82, 2.24) is 10.2 Å². The second kappa shape index (κ2) is 10.8. The second-order valence-electron chi connectivity index (χ2n) is 6.31. The van der Waals surface area contributed by atoms with Crippen molar-refractivity contribution in [3.05, 3.63) is 35.9 Å². The number of hydrogen-bond donors (Lipinski definition) is 1. The number of nitrogens with one attached hydrogen (secondary N) is 1. The fraction of sp³-hybridized carbons (Fsp3) is 0.600. The molecule has 1 aromatic rings. The molecule has 0 unspecified atom stereocenters. The Kier molecular flexibility index (Phi) is 9.13. The average Bonchev–Trinajstić information content (AvgIpc) is 2.59. The van der Waals surface area contributed by atoms with Crippen LogP contribution >= 0.6 is 0 Å². The number of benzene rings is 1. The lowest BCUT2D eigenvalue weighted by molar-refractivity contribution is -0.141. The van der Waals surface area contributed by atoms with Crippen LogP contribution in [0.15, 0.2) is 30.3 Å². The minimum absolute atomic E-state index is 0.0376. The first-order valence-corrected chi connectivity index (χ1v) is 9.17. The maximum Gasteiger partial charge on any atom is 0.243 e. The molecule has 0 fully saturated rings. The third-order valence-corrected chi connectivity index (χ3v) is 4.34. The number of carbonyl (C=O) groups excluding carboxylic acids is 2. The number of amides is 2. The van der Waals surface area contributed by atoms with Gasteiger partial charge in [0, 0.05) is 19.0 Å². The van der Waals surface area contributed by atoms with Gasteiger partial charge in [-0.2, -0.15) is 0 Å². The van der Waals surface area contributed by atoms with Crippen molar-refractivity contribution in [2.24, 2.45) is 0 Å². The van der Waals surface area contributed by atoms with Crippen molar-refractivity contribution in [3.8, 4) is 0 Å². The van der Waals surface area contributed by atoms with Crippen molar-refractivity contribution in [1.29, 1.82) is 0 Å². The van der Waals surface area contributed by atoms with E-state index in [4.69, 9.17) is 0 Å². The summed E-state index contributed by atoms with van der Waals surface area (Å²) in [7, 11) is 0. The van der Waals surface area contributed by atoms with Crippen molar-refractivity contribution in [2.75, 3.05) is 6.54 Å². The average molecular weight is 332 g/mol. The summed E-state index contributed by atoms with van der Waals surface area (Å²) < 4.78 is 0. The molecule has 0 saturated carbocycles. The normalized spacial score (nSPS) is 13.2. The highest BCUT2D eigenvalue weighted by molar-refractivity contribution is 5.87. The second-order valence-corrected chi connectivity index (χ2v) is 6.31. The fourth-order valence-corrected chi connectivity index (χ4v) is 2.69. The first-order valence-electron chi connectivity index (χ1n) is 9.17. The number of hydrogen-bond acceptors (Lipinski definition) is 2. The molecule has 0 aromatic heterocycles. The Bertz CT molecular complexity index is 502. The summed E-state index contributed by atoms with van der Waals surface area (Å²) in [5, 5.41) is 3.02. The summed E-state index contributed by atoms with van der Waals surface area (Å²) in [5.74, 6) is 0.0314. The molecule has 0 aliphatic heterocycles. The molecule has 1 aromatic carbocycles. The van der Waals surface area contributed by atoms with Crippen LogP contribution in [0.1, 0.15) is 58.9 Å². The largest absolute Gasteiger partial charge is 0.352 e. The molecule has 0 bridgehead atoms. The van der Waals surface area contributed by atoms with Gasteiger partial charge >= 0.3 is 0 Å². The van der Waals surface area contributed by atoms with Crippen LogP contribution in [0.4, 0.5) is 0 Å². The van der Waals surface area contributed by atoms with E-state index < -0.39 is 0 Å². The molecule has 134 valence electrons. The van der Waals surface area contributed by atoms with E-state index in [9.17, 15) is 9.59 Å². The molecule has 0 heterocycles. The fourth-order valence-electron chi connectivity index (χ4n) is 2.69. The van der Waals surface area contributed by atoms with Crippen LogP contribution < -0.4 is 5.32 Å². The van der Waals surface area contributed by atoms with Gasteiger partial charge in [0.25, 0.3) is 0 Å². The Labute approximate surface area is 146 Å². The summed E-state index contributed by atoms with van der Waals surface area (Å²) in [6, 6.07) is 9.84. The van der Waals surface area contributed by atoms with Crippen molar-refractivity contribution >= 4 is 11.8 Å². The number of nitrogens with zero attached hydrogens (tertiary/aromatic N) is 1. The molecule has 24 heavy (non-hydrogen) atoms. The van der Waals surface area contributed by atoms with Crippen molar-refractivity contribution < 1.29 is 9.59 Å². The molecule has 1 N–H and O–H groups in total. The molecule has 0 aliphatic carbocycles. The standard InChI is InChI=1S/C20H32N2O2/c1-5-11-19(23)22(15-14-17-12-9-8-10-13-17)18(7-3)20(24)21-16(4)6-2/h8-10,12-13,16,18H,5-7,11,14-15H2,1-4H3,(H,21,24)/t16-,18+/m0/s1. The maximum absolute atomic E-state index is 12.6. The van der Waals surface area contributed by atoms with Crippen LogP contribution in [0.5, 0.6) is 0 Å². The smallest absolute Gasteiger partial charge is 0.243 e. The SMILES string of the molecule is CCCC(=O)N(CCc1ccccc1)[C@H](CC)C(=O)N[C@@H](C)CC. The van der Waals surface area contributed by atoms with Gasteiger partial charge in [-0.05, 0) is 38.2 Å².